The van der Waals surface area contributed by atoms with Gasteiger partial charge in [0.1, 0.15) is 5.78 Å². The standard InChI is InChI=1S/C32H58O3Si2/c1-21-14-15-23-26-24(17-19-31(21,23)8)32(9)18-16-22(33)20-25(32)27(34-36(10,11)29(2,3)4)28(26)35-37(12,13)30(5,6)7/h23-28H,1,14-20H2,2-13H3/t23?,24?,25?,26?,27-,28-,31-,32-/m1/s1. The van der Waals surface area contributed by atoms with Crippen molar-refractivity contribution in [2.75, 3.05) is 0 Å². The molecule has 5 heteroatoms. The zero-order valence-corrected chi connectivity index (χ0v) is 28.3. The summed E-state index contributed by atoms with van der Waals surface area (Å²) in [6.45, 7) is 33.4. The van der Waals surface area contributed by atoms with E-state index in [0.29, 0.717) is 30.0 Å². The Balaban J connectivity index is 1.89. The molecule has 3 nitrogen and oxygen atoms in total. The van der Waals surface area contributed by atoms with E-state index in [1.54, 1.807) is 0 Å². The summed E-state index contributed by atoms with van der Waals surface area (Å²) in [4.78, 5) is 13.1. The van der Waals surface area contributed by atoms with Crippen molar-refractivity contribution in [3.63, 3.8) is 0 Å². The molecule has 0 aliphatic heterocycles. The largest absolute Gasteiger partial charge is 0.411 e. The molecule has 0 aromatic rings. The van der Waals surface area contributed by atoms with Gasteiger partial charge in [0, 0.05) is 12.8 Å². The second kappa shape index (κ2) is 9.14. The lowest BCUT2D eigenvalue weighted by molar-refractivity contribution is -0.200. The minimum Gasteiger partial charge on any atom is -0.411 e. The van der Waals surface area contributed by atoms with Gasteiger partial charge in [-0.05, 0) is 103 Å². The predicted octanol–water partition coefficient (Wildman–Crippen LogP) is 9.16. The van der Waals surface area contributed by atoms with Gasteiger partial charge in [-0.2, -0.15) is 0 Å². The predicted molar refractivity (Wildman–Crippen MR) is 161 cm³/mol. The second-order valence-electron chi connectivity index (χ2n) is 16.9. The fourth-order valence-corrected chi connectivity index (χ4v) is 10.9. The van der Waals surface area contributed by atoms with Gasteiger partial charge in [0.25, 0.3) is 0 Å². The molecule has 8 atom stereocenters. The maximum Gasteiger partial charge on any atom is 0.192 e. The van der Waals surface area contributed by atoms with Crippen molar-refractivity contribution in [1.82, 2.24) is 0 Å². The van der Waals surface area contributed by atoms with Gasteiger partial charge in [0.05, 0.1) is 12.2 Å². The van der Waals surface area contributed by atoms with E-state index in [0.717, 1.165) is 19.3 Å². The number of allylic oxidation sites excluding steroid dienone is 1. The molecule has 4 fully saturated rings. The molecule has 212 valence electrons. The Morgan fingerprint density at radius 3 is 1.86 bits per heavy atom. The van der Waals surface area contributed by atoms with E-state index >= 15 is 0 Å². The normalized spacial score (nSPS) is 41.3. The molecule has 0 radical (unpaired) electrons. The Hall–Kier alpha value is -0.236. The molecule has 0 N–H and O–H groups in total. The van der Waals surface area contributed by atoms with Crippen LogP contribution in [-0.2, 0) is 13.6 Å². The Morgan fingerprint density at radius 2 is 1.32 bits per heavy atom. The van der Waals surface area contributed by atoms with Crippen LogP contribution in [0.1, 0.15) is 100 Å². The van der Waals surface area contributed by atoms with Crippen LogP contribution in [0, 0.1) is 34.5 Å². The topological polar surface area (TPSA) is 35.5 Å². The molecule has 0 heterocycles. The Kier molecular flexibility index (Phi) is 7.35. The van der Waals surface area contributed by atoms with Gasteiger partial charge in [-0.15, -0.1) is 0 Å². The second-order valence-corrected chi connectivity index (χ2v) is 26.4. The van der Waals surface area contributed by atoms with E-state index in [2.05, 4.69) is 88.2 Å². The fourth-order valence-electron chi connectivity index (χ4n) is 8.23. The van der Waals surface area contributed by atoms with Crippen molar-refractivity contribution in [2.24, 2.45) is 34.5 Å². The van der Waals surface area contributed by atoms with E-state index in [4.69, 9.17) is 8.85 Å². The van der Waals surface area contributed by atoms with Gasteiger partial charge < -0.3 is 8.85 Å². The smallest absolute Gasteiger partial charge is 0.192 e. The summed E-state index contributed by atoms with van der Waals surface area (Å²) < 4.78 is 15.1. The third-order valence-corrected chi connectivity index (χ3v) is 21.9. The van der Waals surface area contributed by atoms with Gasteiger partial charge >= 0.3 is 0 Å². The first-order valence-corrected chi connectivity index (χ1v) is 21.0. The number of hydrogen-bond donors (Lipinski definition) is 0. The molecule has 4 rings (SSSR count). The first kappa shape index (κ1) is 29.7. The van der Waals surface area contributed by atoms with E-state index in [1.807, 2.05) is 0 Å². The maximum atomic E-state index is 13.1. The number of hydrogen-bond acceptors (Lipinski definition) is 3. The Labute approximate surface area is 231 Å². The van der Waals surface area contributed by atoms with Gasteiger partial charge in [-0.3, -0.25) is 4.79 Å². The lowest BCUT2D eigenvalue weighted by Gasteiger charge is -2.65. The highest BCUT2D eigenvalue weighted by Crippen LogP contribution is 2.68. The highest BCUT2D eigenvalue weighted by atomic mass is 28.4. The zero-order valence-electron chi connectivity index (χ0n) is 26.3. The molecule has 4 aliphatic carbocycles. The number of Topliss-reactive ketones (excluding diaryl/α,β-unsaturated/α-hetero) is 1. The molecule has 0 bridgehead atoms. The lowest BCUT2D eigenvalue weighted by Crippen LogP contribution is -2.68. The summed E-state index contributed by atoms with van der Waals surface area (Å²) in [6, 6.07) is 0. The van der Waals surface area contributed by atoms with Crippen LogP contribution < -0.4 is 0 Å². The van der Waals surface area contributed by atoms with Crippen LogP contribution in [0.3, 0.4) is 0 Å². The summed E-state index contributed by atoms with van der Waals surface area (Å²) >= 11 is 0. The van der Waals surface area contributed by atoms with Gasteiger partial charge in [-0.25, -0.2) is 0 Å². The molecule has 4 unspecified atom stereocenters. The number of rotatable bonds is 4. The zero-order chi connectivity index (χ0) is 28.0. The molecular formula is C32H58O3Si2. The van der Waals surface area contributed by atoms with Crippen molar-refractivity contribution < 1.29 is 13.6 Å². The third kappa shape index (κ3) is 4.74. The fraction of sp³-hybridized carbons (Fsp3) is 0.906. The highest BCUT2D eigenvalue weighted by molar-refractivity contribution is 6.74. The number of carbonyl (C=O) groups is 1. The molecular weight excluding hydrogens is 489 g/mol. The van der Waals surface area contributed by atoms with Crippen LogP contribution in [0.15, 0.2) is 12.2 Å². The van der Waals surface area contributed by atoms with Crippen LogP contribution >= 0.6 is 0 Å². The van der Waals surface area contributed by atoms with Crippen molar-refractivity contribution in [1.29, 1.82) is 0 Å². The quantitative estimate of drug-likeness (QED) is 0.260. The summed E-state index contributed by atoms with van der Waals surface area (Å²) in [7, 11) is -4.19. The van der Waals surface area contributed by atoms with Crippen LogP contribution in [0.25, 0.3) is 0 Å². The van der Waals surface area contributed by atoms with Crippen molar-refractivity contribution in [3.05, 3.63) is 12.2 Å². The van der Waals surface area contributed by atoms with Crippen LogP contribution in [-0.4, -0.2) is 34.6 Å². The number of ketones is 1. The summed E-state index contributed by atoms with van der Waals surface area (Å²) in [6.07, 6.45) is 7.38. The Morgan fingerprint density at radius 1 is 0.784 bits per heavy atom. The van der Waals surface area contributed by atoms with E-state index in [-0.39, 0.29) is 39.0 Å². The molecule has 0 spiro atoms. The van der Waals surface area contributed by atoms with Crippen molar-refractivity contribution in [2.45, 2.75) is 149 Å². The SMILES string of the molecule is C=C1CCC2C3C(CC[C@]12C)[C@@]1(C)CCC(=O)CC1[C@@H](O[Si](C)(C)C(C)(C)C)[C@@H]3O[Si](C)(C)C(C)(C)C. The average molecular weight is 547 g/mol. The number of fused-ring (bicyclic) bond motifs is 5. The highest BCUT2D eigenvalue weighted by Gasteiger charge is 2.66. The molecule has 0 amide bonds. The van der Waals surface area contributed by atoms with Crippen LogP contribution in [0.4, 0.5) is 0 Å². The first-order valence-electron chi connectivity index (χ1n) is 15.2. The minimum atomic E-state index is -2.10. The average Bonchev–Trinajstić information content (AvgIpc) is 3.04. The molecule has 0 aromatic carbocycles. The van der Waals surface area contributed by atoms with E-state index < -0.39 is 16.6 Å². The van der Waals surface area contributed by atoms with Crippen molar-refractivity contribution in [3.8, 4) is 0 Å². The first-order chi connectivity index (χ1) is 16.7. The summed E-state index contributed by atoms with van der Waals surface area (Å²) in [5.41, 5.74) is 1.82. The maximum absolute atomic E-state index is 13.1. The minimum absolute atomic E-state index is 0.00160. The van der Waals surface area contributed by atoms with E-state index in [9.17, 15) is 4.79 Å². The molecule has 4 saturated carbocycles. The molecule has 0 saturated heterocycles. The molecule has 4 aliphatic rings. The van der Waals surface area contributed by atoms with Gasteiger partial charge in [0.2, 0.25) is 0 Å². The van der Waals surface area contributed by atoms with E-state index in [1.165, 1.54) is 24.8 Å². The summed E-state index contributed by atoms with van der Waals surface area (Å²) in [5.74, 6) is 2.38. The molecule has 0 aromatic heterocycles. The van der Waals surface area contributed by atoms with Crippen LogP contribution in [0.5, 0.6) is 0 Å². The third-order valence-electron chi connectivity index (χ3n) is 12.9. The monoisotopic (exact) mass is 546 g/mol. The summed E-state index contributed by atoms with van der Waals surface area (Å²) in [5, 5.41) is 0.244. The van der Waals surface area contributed by atoms with Gasteiger partial charge in [0.15, 0.2) is 16.6 Å². The lowest BCUT2D eigenvalue weighted by atomic mass is 9.44. The number of carbonyl (C=O) groups excluding carboxylic acids is 1. The molecule has 37 heavy (non-hydrogen) atoms. The van der Waals surface area contributed by atoms with Gasteiger partial charge in [-0.1, -0.05) is 67.5 Å². The van der Waals surface area contributed by atoms with Crippen molar-refractivity contribution >= 4 is 22.4 Å². The van der Waals surface area contributed by atoms with Crippen LogP contribution in [0.2, 0.25) is 36.3 Å². The Bertz CT molecular complexity index is 925.